The van der Waals surface area contributed by atoms with Crippen LogP contribution in [0.3, 0.4) is 0 Å². The van der Waals surface area contributed by atoms with Gasteiger partial charge in [0.2, 0.25) is 0 Å². The Labute approximate surface area is 75.7 Å². The molecular weight excluding hydrogens is 172 g/mol. The van der Waals surface area contributed by atoms with E-state index in [0.29, 0.717) is 19.8 Å². The first-order chi connectivity index (χ1) is 5.74. The Balaban J connectivity index is 4.16. The summed E-state index contributed by atoms with van der Waals surface area (Å²) in [5, 5.41) is 0. The highest BCUT2D eigenvalue weighted by atomic mass is 28.4. The van der Waals surface area contributed by atoms with Gasteiger partial charge in [0, 0.05) is 19.8 Å². The van der Waals surface area contributed by atoms with Crippen LogP contribution in [0.4, 0.5) is 0 Å². The zero-order valence-corrected chi connectivity index (χ0v) is 9.00. The summed E-state index contributed by atoms with van der Waals surface area (Å²) < 4.78 is 16.1. The number of hydrogen-bond acceptors (Lipinski definition) is 3. The van der Waals surface area contributed by atoms with Gasteiger partial charge in [-0.25, -0.2) is 0 Å². The smallest absolute Gasteiger partial charge is 0.371 e. The van der Waals surface area contributed by atoms with Gasteiger partial charge < -0.3 is 13.3 Å². The summed E-state index contributed by atoms with van der Waals surface area (Å²) in [6.45, 7) is 12.8. The van der Waals surface area contributed by atoms with Crippen LogP contribution in [0.1, 0.15) is 20.8 Å². The van der Waals surface area contributed by atoms with Gasteiger partial charge in [-0.3, -0.25) is 0 Å². The van der Waals surface area contributed by atoms with E-state index in [4.69, 9.17) is 19.9 Å². The van der Waals surface area contributed by atoms with Crippen LogP contribution >= 0.6 is 0 Å². The molecule has 0 saturated carbocycles. The molecule has 3 nitrogen and oxygen atoms in total. The number of rotatable bonds is 7. The van der Waals surface area contributed by atoms with Gasteiger partial charge in [0.05, 0.1) is 0 Å². The van der Waals surface area contributed by atoms with E-state index in [9.17, 15) is 0 Å². The molecule has 0 aromatic carbocycles. The lowest BCUT2D eigenvalue weighted by Gasteiger charge is -2.24. The molecule has 71 valence electrons. The van der Waals surface area contributed by atoms with E-state index in [1.165, 1.54) is 5.70 Å². The lowest BCUT2D eigenvalue weighted by atomic mass is 10.9. The maximum Gasteiger partial charge on any atom is 0.529 e. The van der Waals surface area contributed by atoms with Gasteiger partial charge >= 0.3 is 8.80 Å². The third kappa shape index (κ3) is 3.49. The minimum absolute atomic E-state index is 0.555. The van der Waals surface area contributed by atoms with E-state index >= 15 is 0 Å². The highest BCUT2D eigenvalue weighted by molar-refractivity contribution is 6.66. The Hall–Kier alpha value is -0.163. The van der Waals surface area contributed by atoms with Gasteiger partial charge in [-0.1, -0.05) is 6.58 Å². The highest BCUT2D eigenvalue weighted by Gasteiger charge is 2.36. The van der Waals surface area contributed by atoms with Crippen LogP contribution in [0.25, 0.3) is 0 Å². The molecule has 0 saturated heterocycles. The maximum absolute atomic E-state index is 5.43. The van der Waals surface area contributed by atoms with Gasteiger partial charge in [-0.2, -0.15) is 0 Å². The first-order valence-electron chi connectivity index (χ1n) is 4.22. The molecule has 4 heteroatoms. The second-order valence-electron chi connectivity index (χ2n) is 2.07. The molecule has 0 aromatic heterocycles. The second-order valence-corrected chi connectivity index (χ2v) is 4.48. The lowest BCUT2D eigenvalue weighted by molar-refractivity contribution is 0.0843. The van der Waals surface area contributed by atoms with E-state index < -0.39 is 8.80 Å². The standard InChI is InChI=1S/C8H17O3Si/c1-5-9-12(8-4,10-6-2)11-7-3/h4,8H,5-7H2,1-3H3. The van der Waals surface area contributed by atoms with E-state index in [1.54, 1.807) is 0 Å². The summed E-state index contributed by atoms with van der Waals surface area (Å²) >= 11 is 0. The van der Waals surface area contributed by atoms with Crippen molar-refractivity contribution in [1.82, 2.24) is 0 Å². The fourth-order valence-corrected chi connectivity index (χ4v) is 2.62. The predicted octanol–water partition coefficient (Wildman–Crippen LogP) is 1.56. The summed E-state index contributed by atoms with van der Waals surface area (Å²) in [5.74, 6) is 0. The van der Waals surface area contributed by atoms with Gasteiger partial charge in [-0.15, -0.1) is 0 Å². The molecule has 0 aliphatic carbocycles. The Kier molecular flexibility index (Phi) is 6.28. The molecule has 0 spiro atoms. The summed E-state index contributed by atoms with van der Waals surface area (Å²) in [6.07, 6.45) is 0. The van der Waals surface area contributed by atoms with Gasteiger partial charge in [0.25, 0.3) is 0 Å². The van der Waals surface area contributed by atoms with Crippen molar-refractivity contribution in [2.75, 3.05) is 19.8 Å². The van der Waals surface area contributed by atoms with Crippen molar-refractivity contribution in [3.05, 3.63) is 12.3 Å². The third-order valence-electron chi connectivity index (χ3n) is 1.24. The van der Waals surface area contributed by atoms with Crippen molar-refractivity contribution in [3.8, 4) is 0 Å². The van der Waals surface area contributed by atoms with Gasteiger partial charge in [-0.05, 0) is 26.5 Å². The fraction of sp³-hybridized carbons (Fsp3) is 0.750. The Morgan fingerprint density at radius 2 is 1.33 bits per heavy atom. The van der Waals surface area contributed by atoms with Crippen molar-refractivity contribution >= 4 is 8.80 Å². The number of hydrogen-bond donors (Lipinski definition) is 0. The van der Waals surface area contributed by atoms with Crippen LogP contribution in [0.5, 0.6) is 0 Å². The molecule has 0 aliphatic heterocycles. The Bertz CT molecular complexity index is 110. The monoisotopic (exact) mass is 189 g/mol. The Morgan fingerprint density at radius 1 is 1.00 bits per heavy atom. The second kappa shape index (κ2) is 6.36. The molecule has 0 aromatic rings. The summed E-state index contributed by atoms with van der Waals surface area (Å²) in [4.78, 5) is 0. The van der Waals surface area contributed by atoms with Crippen LogP contribution < -0.4 is 0 Å². The van der Waals surface area contributed by atoms with Gasteiger partial charge in [0.15, 0.2) is 0 Å². The average Bonchev–Trinajstić information content (AvgIpc) is 2.06. The Morgan fingerprint density at radius 3 is 1.50 bits per heavy atom. The van der Waals surface area contributed by atoms with E-state index in [-0.39, 0.29) is 0 Å². The van der Waals surface area contributed by atoms with Crippen molar-refractivity contribution < 1.29 is 13.3 Å². The van der Waals surface area contributed by atoms with Crippen LogP contribution in [-0.2, 0) is 13.3 Å². The first-order valence-corrected chi connectivity index (χ1v) is 6.02. The molecule has 0 bridgehead atoms. The predicted molar refractivity (Wildman–Crippen MR) is 49.5 cm³/mol. The lowest BCUT2D eigenvalue weighted by Crippen LogP contribution is -2.44. The van der Waals surface area contributed by atoms with Crippen LogP contribution in [0.2, 0.25) is 0 Å². The summed E-state index contributed by atoms with van der Waals surface area (Å²) in [5.41, 5.74) is 1.42. The summed E-state index contributed by atoms with van der Waals surface area (Å²) in [7, 11) is -2.62. The van der Waals surface area contributed by atoms with Crippen LogP contribution in [0, 0.1) is 6.58 Å². The van der Waals surface area contributed by atoms with E-state index in [0.717, 1.165) is 0 Å². The maximum atomic E-state index is 5.43. The molecule has 0 unspecified atom stereocenters. The molecule has 0 aliphatic rings. The molecule has 0 atom stereocenters. The molecule has 0 fully saturated rings. The van der Waals surface area contributed by atoms with Crippen LogP contribution in [0.15, 0.2) is 5.70 Å². The molecule has 0 amide bonds. The van der Waals surface area contributed by atoms with Crippen LogP contribution in [-0.4, -0.2) is 28.6 Å². The van der Waals surface area contributed by atoms with Gasteiger partial charge in [0.1, 0.15) is 0 Å². The van der Waals surface area contributed by atoms with Crippen molar-refractivity contribution in [2.45, 2.75) is 20.8 Å². The molecule has 1 radical (unpaired) electrons. The average molecular weight is 189 g/mol. The third-order valence-corrected chi connectivity index (χ3v) is 3.72. The van der Waals surface area contributed by atoms with E-state index in [2.05, 4.69) is 0 Å². The molecule has 0 heterocycles. The molecular formula is C8H17O3Si. The van der Waals surface area contributed by atoms with Crippen molar-refractivity contribution in [2.24, 2.45) is 0 Å². The topological polar surface area (TPSA) is 27.7 Å². The first kappa shape index (κ1) is 11.8. The molecule has 0 rings (SSSR count). The normalized spacial score (nSPS) is 11.6. The van der Waals surface area contributed by atoms with Crippen molar-refractivity contribution in [1.29, 1.82) is 0 Å². The quantitative estimate of drug-likeness (QED) is 0.569. The van der Waals surface area contributed by atoms with E-state index in [1.807, 2.05) is 20.8 Å². The zero-order chi connectivity index (χ0) is 9.45. The summed E-state index contributed by atoms with van der Waals surface area (Å²) in [6, 6.07) is 0. The minimum Gasteiger partial charge on any atom is -0.371 e. The van der Waals surface area contributed by atoms with Crippen molar-refractivity contribution in [3.63, 3.8) is 0 Å². The molecule has 0 N–H and O–H groups in total. The fourth-order valence-electron chi connectivity index (χ4n) is 0.873. The largest absolute Gasteiger partial charge is 0.529 e. The highest BCUT2D eigenvalue weighted by Crippen LogP contribution is 2.10. The molecule has 12 heavy (non-hydrogen) atoms. The zero-order valence-electron chi connectivity index (χ0n) is 8.00. The minimum atomic E-state index is -2.62. The SMILES string of the molecule is [CH]=C[Si](OCC)(OCC)OCC.